The Labute approximate surface area is 143 Å². The van der Waals surface area contributed by atoms with Crippen LogP contribution in [0.4, 0.5) is 14.5 Å². The summed E-state index contributed by atoms with van der Waals surface area (Å²) in [5.41, 5.74) is 4.97. The van der Waals surface area contributed by atoms with E-state index in [-0.39, 0.29) is 11.3 Å². The predicted octanol–water partition coefficient (Wildman–Crippen LogP) is 3.27. The van der Waals surface area contributed by atoms with Crippen molar-refractivity contribution >= 4 is 45.1 Å². The van der Waals surface area contributed by atoms with Crippen LogP contribution in [0.15, 0.2) is 24.5 Å². The third-order valence-electron chi connectivity index (χ3n) is 3.42. The second-order valence-electron chi connectivity index (χ2n) is 4.72. The van der Waals surface area contributed by atoms with Gasteiger partial charge < -0.3 is 15.5 Å². The maximum absolute atomic E-state index is 14.1. The molecule has 0 spiro atoms. The van der Waals surface area contributed by atoms with E-state index in [1.54, 1.807) is 0 Å². The highest BCUT2D eigenvalue weighted by Crippen LogP contribution is 2.32. The number of benzene rings is 1. The van der Waals surface area contributed by atoms with Gasteiger partial charge in [-0.25, -0.2) is 13.8 Å². The lowest BCUT2D eigenvalue weighted by Crippen LogP contribution is -2.09. The molecule has 118 valence electrons. The molecule has 0 aliphatic carbocycles. The Kier molecular flexibility index (Phi) is 3.92. The molecule has 2 heterocycles. The first-order chi connectivity index (χ1) is 11.0. The molecule has 3 rings (SSSR count). The van der Waals surface area contributed by atoms with Crippen LogP contribution >= 0.6 is 22.6 Å². The fourth-order valence-corrected chi connectivity index (χ4v) is 3.18. The first-order valence-electron chi connectivity index (χ1n) is 6.43. The summed E-state index contributed by atoms with van der Waals surface area (Å²) < 4.78 is 33.8. The SMILES string of the molecule is COc1cnc2[nH]cc(C(=O)c3c(F)ccc(N)c3F)c2c1I. The Bertz CT molecular complexity index is 940. The number of ether oxygens (including phenoxy) is 1. The molecule has 0 amide bonds. The van der Waals surface area contributed by atoms with Crippen LogP contribution in [0.1, 0.15) is 15.9 Å². The number of carbonyl (C=O) groups excluding carboxylic acids is 1. The van der Waals surface area contributed by atoms with Crippen molar-refractivity contribution in [2.24, 2.45) is 0 Å². The van der Waals surface area contributed by atoms with Crippen molar-refractivity contribution in [3.63, 3.8) is 0 Å². The summed E-state index contributed by atoms with van der Waals surface area (Å²) in [6.45, 7) is 0. The summed E-state index contributed by atoms with van der Waals surface area (Å²) >= 11 is 1.99. The minimum absolute atomic E-state index is 0.0965. The molecule has 23 heavy (non-hydrogen) atoms. The third-order valence-corrected chi connectivity index (χ3v) is 4.49. The van der Waals surface area contributed by atoms with E-state index in [0.717, 1.165) is 12.1 Å². The van der Waals surface area contributed by atoms with E-state index in [0.29, 0.717) is 20.4 Å². The van der Waals surface area contributed by atoms with E-state index in [9.17, 15) is 13.6 Å². The number of rotatable bonds is 3. The molecule has 3 aromatic rings. The number of hydrogen-bond acceptors (Lipinski definition) is 4. The number of nitrogens with one attached hydrogen (secondary N) is 1. The number of aromatic amines is 1. The minimum atomic E-state index is -1.07. The number of nitrogens with zero attached hydrogens (tertiary/aromatic N) is 1. The van der Waals surface area contributed by atoms with Gasteiger partial charge in [-0.05, 0) is 34.7 Å². The maximum Gasteiger partial charge on any atom is 0.201 e. The number of hydrogen-bond donors (Lipinski definition) is 2. The van der Waals surface area contributed by atoms with Crippen LogP contribution in [-0.4, -0.2) is 22.9 Å². The molecular weight excluding hydrogens is 419 g/mol. The molecule has 1 aromatic carbocycles. The van der Waals surface area contributed by atoms with Crippen LogP contribution in [0.3, 0.4) is 0 Å². The Morgan fingerprint density at radius 2 is 2.13 bits per heavy atom. The number of halogens is 3. The summed E-state index contributed by atoms with van der Waals surface area (Å²) in [7, 11) is 1.47. The molecule has 0 radical (unpaired) electrons. The number of H-pyrrole nitrogens is 1. The smallest absolute Gasteiger partial charge is 0.201 e. The predicted molar refractivity (Wildman–Crippen MR) is 89.6 cm³/mol. The Morgan fingerprint density at radius 3 is 2.83 bits per heavy atom. The molecule has 5 nitrogen and oxygen atoms in total. The van der Waals surface area contributed by atoms with Gasteiger partial charge in [-0.1, -0.05) is 0 Å². The Hall–Kier alpha value is -2.23. The van der Waals surface area contributed by atoms with Crippen LogP contribution in [0.5, 0.6) is 5.75 Å². The van der Waals surface area contributed by atoms with Gasteiger partial charge in [0, 0.05) is 11.6 Å². The first kappa shape index (κ1) is 15.7. The van der Waals surface area contributed by atoms with Gasteiger partial charge in [0.15, 0.2) is 11.6 Å². The Balaban J connectivity index is 2.26. The fourth-order valence-electron chi connectivity index (χ4n) is 2.27. The molecular formula is C15H10F2IN3O2. The average molecular weight is 429 g/mol. The van der Waals surface area contributed by atoms with Gasteiger partial charge in [0.05, 0.1) is 33.7 Å². The van der Waals surface area contributed by atoms with Crippen molar-refractivity contribution in [3.8, 4) is 5.75 Å². The lowest BCUT2D eigenvalue weighted by atomic mass is 10.0. The number of ketones is 1. The number of nitrogens with two attached hydrogens (primary N) is 1. The number of nitrogen functional groups attached to an aromatic ring is 1. The number of fused-ring (bicyclic) bond motifs is 1. The highest BCUT2D eigenvalue weighted by Gasteiger charge is 2.25. The molecule has 0 unspecified atom stereocenters. The normalized spacial score (nSPS) is 11.0. The third kappa shape index (κ3) is 2.42. The van der Waals surface area contributed by atoms with Crippen molar-refractivity contribution in [3.05, 3.63) is 50.9 Å². The second-order valence-corrected chi connectivity index (χ2v) is 5.80. The lowest BCUT2D eigenvalue weighted by molar-refractivity contribution is 0.103. The van der Waals surface area contributed by atoms with Gasteiger partial charge in [-0.15, -0.1) is 0 Å². The van der Waals surface area contributed by atoms with E-state index in [2.05, 4.69) is 9.97 Å². The summed E-state index contributed by atoms with van der Waals surface area (Å²) in [6.07, 6.45) is 2.86. The van der Waals surface area contributed by atoms with E-state index >= 15 is 0 Å². The van der Waals surface area contributed by atoms with Gasteiger partial charge in [0.2, 0.25) is 5.78 Å². The molecule has 0 saturated heterocycles. The molecule has 3 N–H and O–H groups in total. The topological polar surface area (TPSA) is 81.0 Å². The zero-order chi connectivity index (χ0) is 16.7. The van der Waals surface area contributed by atoms with E-state index in [1.807, 2.05) is 22.6 Å². The zero-order valence-corrected chi connectivity index (χ0v) is 13.9. The fraction of sp³-hybridized carbons (Fsp3) is 0.0667. The first-order valence-corrected chi connectivity index (χ1v) is 7.51. The van der Waals surface area contributed by atoms with E-state index in [4.69, 9.17) is 10.5 Å². The molecule has 0 fully saturated rings. The van der Waals surface area contributed by atoms with Crippen LogP contribution in [0.25, 0.3) is 11.0 Å². The quantitative estimate of drug-likeness (QED) is 0.381. The minimum Gasteiger partial charge on any atom is -0.494 e. The highest BCUT2D eigenvalue weighted by molar-refractivity contribution is 14.1. The van der Waals surface area contributed by atoms with Gasteiger partial charge >= 0.3 is 0 Å². The van der Waals surface area contributed by atoms with Crippen LogP contribution in [-0.2, 0) is 0 Å². The molecule has 0 saturated carbocycles. The maximum atomic E-state index is 14.1. The zero-order valence-electron chi connectivity index (χ0n) is 11.8. The van der Waals surface area contributed by atoms with Gasteiger partial charge in [-0.2, -0.15) is 0 Å². The van der Waals surface area contributed by atoms with Crippen LogP contribution in [0.2, 0.25) is 0 Å². The monoisotopic (exact) mass is 429 g/mol. The molecule has 2 aromatic heterocycles. The number of anilines is 1. The standard InChI is InChI=1S/C15H10F2IN3O2/c1-23-9-5-21-15-10(13(9)18)6(4-20-15)14(22)11-7(16)2-3-8(19)12(11)17/h2-5H,19H2,1H3,(H,20,21). The number of carbonyl (C=O) groups is 1. The molecule has 8 heteroatoms. The number of methoxy groups -OCH3 is 1. The summed E-state index contributed by atoms with van der Waals surface area (Å²) in [5, 5.41) is 0.441. The van der Waals surface area contributed by atoms with Crippen molar-refractivity contribution in [2.75, 3.05) is 12.8 Å². The van der Waals surface area contributed by atoms with Gasteiger partial charge in [0.1, 0.15) is 11.5 Å². The summed E-state index contributed by atoms with van der Waals surface area (Å²) in [5.74, 6) is -2.40. The molecule has 0 bridgehead atoms. The molecule has 0 aliphatic rings. The summed E-state index contributed by atoms with van der Waals surface area (Å²) in [4.78, 5) is 19.6. The van der Waals surface area contributed by atoms with Crippen molar-refractivity contribution < 1.29 is 18.3 Å². The largest absolute Gasteiger partial charge is 0.494 e. The average Bonchev–Trinajstić information content (AvgIpc) is 2.96. The number of aromatic nitrogens is 2. The molecule has 0 aliphatic heterocycles. The number of pyridine rings is 1. The van der Waals surface area contributed by atoms with Crippen molar-refractivity contribution in [1.82, 2.24) is 9.97 Å². The van der Waals surface area contributed by atoms with Gasteiger partial charge in [-0.3, -0.25) is 4.79 Å². The van der Waals surface area contributed by atoms with Crippen molar-refractivity contribution in [1.29, 1.82) is 0 Å². The summed E-state index contributed by atoms with van der Waals surface area (Å²) in [6, 6.07) is 2.04. The van der Waals surface area contributed by atoms with Crippen molar-refractivity contribution in [2.45, 2.75) is 0 Å². The van der Waals surface area contributed by atoms with E-state index < -0.39 is 23.0 Å². The van der Waals surface area contributed by atoms with Crippen LogP contribution < -0.4 is 10.5 Å². The Morgan fingerprint density at radius 1 is 1.39 bits per heavy atom. The lowest BCUT2D eigenvalue weighted by Gasteiger charge is -2.07. The van der Waals surface area contributed by atoms with E-state index in [1.165, 1.54) is 19.5 Å². The second kappa shape index (κ2) is 5.76. The van der Waals surface area contributed by atoms with Gasteiger partial charge in [0.25, 0.3) is 0 Å². The highest BCUT2D eigenvalue weighted by atomic mass is 127. The molecule has 0 atom stereocenters. The van der Waals surface area contributed by atoms with Crippen LogP contribution in [0, 0.1) is 15.2 Å².